The molecule has 0 bridgehead atoms. The van der Waals surface area contributed by atoms with E-state index in [0.29, 0.717) is 31.2 Å². The molecule has 0 unspecified atom stereocenters. The zero-order valence-electron chi connectivity index (χ0n) is 17.7. The van der Waals surface area contributed by atoms with Gasteiger partial charge in [-0.15, -0.1) is 0 Å². The Morgan fingerprint density at radius 1 is 1.18 bits per heavy atom. The molecule has 0 fully saturated rings. The van der Waals surface area contributed by atoms with Crippen molar-refractivity contribution in [1.82, 2.24) is 15.5 Å². The van der Waals surface area contributed by atoms with E-state index in [-0.39, 0.29) is 31.0 Å². The van der Waals surface area contributed by atoms with E-state index in [4.69, 9.17) is 10.8 Å². The minimum absolute atomic E-state index is 0.00901. The molecule has 166 valence electrons. The number of nitrogens with one attached hydrogen (secondary N) is 2. The second-order valence-corrected chi connectivity index (χ2v) is 7.77. The van der Waals surface area contributed by atoms with Crippen molar-refractivity contribution in [3.8, 4) is 0 Å². The molecule has 0 aromatic carbocycles. The lowest BCUT2D eigenvalue weighted by molar-refractivity contribution is -0.150. The Morgan fingerprint density at radius 2 is 1.82 bits per heavy atom. The van der Waals surface area contributed by atoms with E-state index in [1.807, 2.05) is 6.92 Å². The predicted octanol–water partition coefficient (Wildman–Crippen LogP) is 0.300. The van der Waals surface area contributed by atoms with E-state index in [1.54, 1.807) is 0 Å². The Hall–Kier alpha value is -0.870. The number of carbonyl (C=O) groups is 2. The molecule has 0 aliphatic carbocycles. The molecule has 0 spiro atoms. The molecule has 9 heteroatoms. The monoisotopic (exact) mass is 420 g/mol. The van der Waals surface area contributed by atoms with Gasteiger partial charge >= 0.3 is 5.97 Å². The quantitative estimate of drug-likeness (QED) is 0.198. The summed E-state index contributed by atoms with van der Waals surface area (Å²) in [5.41, 5.74) is 5.95. The van der Waals surface area contributed by atoms with Gasteiger partial charge in [-0.2, -0.15) is 12.6 Å². The third-order valence-electron chi connectivity index (χ3n) is 5.17. The third kappa shape index (κ3) is 9.56. The van der Waals surface area contributed by atoms with E-state index >= 15 is 0 Å². The molecule has 0 saturated heterocycles. The summed E-state index contributed by atoms with van der Waals surface area (Å²) in [6.07, 6.45) is 2.40. The first-order valence-electron chi connectivity index (χ1n) is 10.2. The van der Waals surface area contributed by atoms with Crippen molar-refractivity contribution in [2.24, 2.45) is 11.7 Å². The number of nitrogens with zero attached hydrogens (tertiary/aromatic N) is 1. The fourth-order valence-electron chi connectivity index (χ4n) is 3.00. The van der Waals surface area contributed by atoms with Crippen LogP contribution in [0.15, 0.2) is 0 Å². The molecular formula is C19H40N4O4S. The van der Waals surface area contributed by atoms with Gasteiger partial charge in [-0.1, -0.05) is 33.6 Å². The number of nitrogens with two attached hydrogens (primary N) is 1. The molecule has 0 aromatic heterocycles. The molecule has 0 heterocycles. The van der Waals surface area contributed by atoms with Crippen LogP contribution in [0.4, 0.5) is 0 Å². The number of likely N-dealkylation sites (N-methyl/N-ethyl adjacent to an activating group) is 1. The molecular weight excluding hydrogens is 380 g/mol. The highest BCUT2D eigenvalue weighted by Gasteiger charge is 2.31. The summed E-state index contributed by atoms with van der Waals surface area (Å²) in [6.45, 7) is 7.19. The summed E-state index contributed by atoms with van der Waals surface area (Å²) >= 11 is 4.21. The standard InChI is InChI=1S/C19H40N4O4S/c1-5-7-15(18(25)23(4)17(8-9-24)19(26)27)22-11-16(13(3)6-2)21-10-14(20)12-28/h13-17,21-22,24,28H,5-12,20H2,1-4H3,(H,26,27)/t13-,14+,15-,16+,17-/m0/s1. The molecule has 8 nitrogen and oxygen atoms in total. The highest BCUT2D eigenvalue weighted by Crippen LogP contribution is 2.11. The van der Waals surface area contributed by atoms with Gasteiger partial charge in [0.05, 0.1) is 6.04 Å². The van der Waals surface area contributed by atoms with Gasteiger partial charge in [-0.05, 0) is 12.3 Å². The van der Waals surface area contributed by atoms with Gasteiger partial charge < -0.3 is 31.5 Å². The van der Waals surface area contributed by atoms with Crippen molar-refractivity contribution in [1.29, 1.82) is 0 Å². The third-order valence-corrected chi connectivity index (χ3v) is 5.64. The highest BCUT2D eigenvalue weighted by molar-refractivity contribution is 7.80. The van der Waals surface area contributed by atoms with Crippen molar-refractivity contribution in [2.45, 2.75) is 70.6 Å². The topological polar surface area (TPSA) is 128 Å². The summed E-state index contributed by atoms with van der Waals surface area (Å²) in [4.78, 5) is 25.6. The second kappa shape index (κ2) is 15.0. The van der Waals surface area contributed by atoms with Crippen LogP contribution >= 0.6 is 12.6 Å². The average molecular weight is 421 g/mol. The fraction of sp³-hybridized carbons (Fsp3) is 0.895. The number of hydrogen-bond acceptors (Lipinski definition) is 7. The minimum atomic E-state index is -1.11. The van der Waals surface area contributed by atoms with E-state index < -0.39 is 18.1 Å². The van der Waals surface area contributed by atoms with Gasteiger partial charge in [0.15, 0.2) is 0 Å². The van der Waals surface area contributed by atoms with Gasteiger partial charge in [-0.25, -0.2) is 4.79 Å². The summed E-state index contributed by atoms with van der Waals surface area (Å²) in [7, 11) is 1.48. The van der Waals surface area contributed by atoms with Gasteiger partial charge in [0.1, 0.15) is 6.04 Å². The maximum absolute atomic E-state index is 12.9. The first-order chi connectivity index (χ1) is 13.2. The van der Waals surface area contributed by atoms with E-state index in [2.05, 4.69) is 37.1 Å². The zero-order chi connectivity index (χ0) is 21.7. The molecule has 0 aromatic rings. The number of amides is 1. The fourth-order valence-corrected chi connectivity index (χ4v) is 3.13. The molecule has 6 N–H and O–H groups in total. The van der Waals surface area contributed by atoms with Crippen LogP contribution in [0.1, 0.15) is 46.5 Å². The zero-order valence-corrected chi connectivity index (χ0v) is 18.6. The number of carboxylic acids is 1. The first kappa shape index (κ1) is 27.1. The van der Waals surface area contributed by atoms with Crippen LogP contribution in [0.25, 0.3) is 0 Å². The lowest BCUT2D eigenvalue weighted by Crippen LogP contribution is -2.55. The molecule has 0 aliphatic heterocycles. The van der Waals surface area contributed by atoms with E-state index in [9.17, 15) is 14.7 Å². The van der Waals surface area contributed by atoms with Crippen LogP contribution in [0.5, 0.6) is 0 Å². The number of aliphatic carboxylic acids is 1. The lowest BCUT2D eigenvalue weighted by atomic mass is 9.98. The molecule has 0 radical (unpaired) electrons. The van der Waals surface area contributed by atoms with Crippen LogP contribution in [-0.4, -0.2) is 83.7 Å². The van der Waals surface area contributed by atoms with Gasteiger partial charge in [0.25, 0.3) is 0 Å². The molecule has 0 aliphatic rings. The minimum Gasteiger partial charge on any atom is -0.480 e. The summed E-state index contributed by atoms with van der Waals surface area (Å²) in [5.74, 6) is -0.398. The van der Waals surface area contributed by atoms with E-state index in [1.165, 1.54) is 11.9 Å². The Labute approximate surface area is 175 Å². The predicted molar refractivity (Wildman–Crippen MR) is 116 cm³/mol. The summed E-state index contributed by atoms with van der Waals surface area (Å²) in [6, 6.07) is -1.40. The van der Waals surface area contributed by atoms with Gasteiger partial charge in [-0.3, -0.25) is 4.79 Å². The number of carbonyl (C=O) groups excluding carboxylic acids is 1. The SMILES string of the molecule is CCC[C@H](NC[C@@H](NC[C@@H](N)CS)[C@@H](C)CC)C(=O)N(C)[C@@H](CCO)C(=O)O. The molecule has 28 heavy (non-hydrogen) atoms. The van der Waals surface area contributed by atoms with Crippen LogP contribution < -0.4 is 16.4 Å². The number of thiol groups is 1. The average Bonchev–Trinajstić information content (AvgIpc) is 2.68. The highest BCUT2D eigenvalue weighted by atomic mass is 32.1. The Bertz CT molecular complexity index is 456. The molecule has 5 atom stereocenters. The maximum Gasteiger partial charge on any atom is 0.326 e. The largest absolute Gasteiger partial charge is 0.480 e. The number of aliphatic hydroxyl groups is 1. The molecule has 1 amide bonds. The Morgan fingerprint density at radius 3 is 2.29 bits per heavy atom. The lowest BCUT2D eigenvalue weighted by Gasteiger charge is -2.31. The van der Waals surface area contributed by atoms with Crippen molar-refractivity contribution in [2.75, 3.05) is 32.5 Å². The van der Waals surface area contributed by atoms with Crippen LogP contribution in [-0.2, 0) is 9.59 Å². The Balaban J connectivity index is 5.07. The smallest absolute Gasteiger partial charge is 0.326 e. The normalized spacial score (nSPS) is 16.8. The van der Waals surface area contributed by atoms with Crippen LogP contribution in [0.2, 0.25) is 0 Å². The van der Waals surface area contributed by atoms with Crippen molar-refractivity contribution in [3.05, 3.63) is 0 Å². The molecule has 0 saturated carbocycles. The maximum atomic E-state index is 12.9. The number of hydrogen-bond donors (Lipinski definition) is 6. The van der Waals surface area contributed by atoms with Crippen LogP contribution in [0.3, 0.4) is 0 Å². The summed E-state index contributed by atoms with van der Waals surface area (Å²) < 4.78 is 0. The van der Waals surface area contributed by atoms with E-state index in [0.717, 1.165) is 12.8 Å². The number of carboxylic acid groups (broad SMARTS) is 1. The van der Waals surface area contributed by atoms with Gasteiger partial charge in [0.2, 0.25) is 5.91 Å². The van der Waals surface area contributed by atoms with Gasteiger partial charge in [0, 0.05) is 51.0 Å². The first-order valence-corrected chi connectivity index (χ1v) is 10.8. The second-order valence-electron chi connectivity index (χ2n) is 7.41. The number of rotatable bonds is 16. The van der Waals surface area contributed by atoms with Crippen molar-refractivity contribution < 1.29 is 19.8 Å². The van der Waals surface area contributed by atoms with Crippen molar-refractivity contribution in [3.63, 3.8) is 0 Å². The number of aliphatic hydroxyl groups excluding tert-OH is 1. The van der Waals surface area contributed by atoms with Crippen LogP contribution in [0, 0.1) is 5.92 Å². The van der Waals surface area contributed by atoms with Crippen molar-refractivity contribution >= 4 is 24.5 Å². The molecule has 0 rings (SSSR count). The Kier molecular flexibility index (Phi) is 14.6. The summed E-state index contributed by atoms with van der Waals surface area (Å²) in [5, 5.41) is 25.2.